The first-order valence-electron chi connectivity index (χ1n) is 10.5. The topological polar surface area (TPSA) is 98.4 Å². The third kappa shape index (κ3) is 4.68. The van der Waals surface area contributed by atoms with Gasteiger partial charge < -0.3 is 24.3 Å². The first-order valence-corrected chi connectivity index (χ1v) is 10.5. The van der Waals surface area contributed by atoms with Crippen molar-refractivity contribution >= 4 is 17.5 Å². The molecule has 2 amide bonds. The summed E-state index contributed by atoms with van der Waals surface area (Å²) in [5.74, 6) is 1.39. The molecule has 3 aromatic rings. The summed E-state index contributed by atoms with van der Waals surface area (Å²) in [6, 6.07) is 19.3. The van der Waals surface area contributed by atoms with Crippen molar-refractivity contribution in [3.8, 4) is 23.0 Å². The Bertz CT molecular complexity index is 1180. The second-order valence-corrected chi connectivity index (χ2v) is 7.38. The van der Waals surface area contributed by atoms with Gasteiger partial charge >= 0.3 is 0 Å². The van der Waals surface area contributed by atoms with Crippen LogP contribution in [0.5, 0.6) is 23.0 Å². The molecule has 0 saturated carbocycles. The van der Waals surface area contributed by atoms with Crippen molar-refractivity contribution in [1.29, 1.82) is 0 Å². The van der Waals surface area contributed by atoms with Crippen molar-refractivity contribution < 1.29 is 28.5 Å². The number of rotatable bonds is 8. The van der Waals surface area contributed by atoms with Crippen LogP contribution in [0.15, 0.2) is 66.7 Å². The molecule has 0 saturated heterocycles. The minimum absolute atomic E-state index is 0.281. The second-order valence-electron chi connectivity index (χ2n) is 7.38. The van der Waals surface area contributed by atoms with Gasteiger partial charge in [-0.05, 0) is 48.5 Å². The van der Waals surface area contributed by atoms with Crippen LogP contribution in [0.1, 0.15) is 22.1 Å². The van der Waals surface area contributed by atoms with Crippen LogP contribution in [-0.4, -0.2) is 44.8 Å². The quantitative estimate of drug-likeness (QED) is 0.528. The van der Waals surface area contributed by atoms with E-state index in [1.807, 2.05) is 12.1 Å². The van der Waals surface area contributed by atoms with E-state index < -0.39 is 12.1 Å². The summed E-state index contributed by atoms with van der Waals surface area (Å²) in [5, 5.41) is 4.57. The molecule has 4 rings (SSSR count). The van der Waals surface area contributed by atoms with Crippen molar-refractivity contribution in [3.63, 3.8) is 0 Å². The highest BCUT2D eigenvalue weighted by atomic mass is 16.5. The fourth-order valence-corrected chi connectivity index (χ4v) is 3.61. The molecule has 0 spiro atoms. The standard InChI is InChI=1S/C25H25N3O6/c1-31-17-9-11-18(12-10-17)34-15-23(29)27-28-24(16-8-13-21(32-2)22(14-16)33-3)26-20-7-5-4-6-19(20)25(28)30/h4-14,24,26H,15H2,1-3H3,(H,27,29). The summed E-state index contributed by atoms with van der Waals surface area (Å²) in [5.41, 5.74) is 4.47. The van der Waals surface area contributed by atoms with E-state index in [4.69, 9.17) is 18.9 Å². The number of anilines is 1. The smallest absolute Gasteiger partial charge is 0.276 e. The summed E-state index contributed by atoms with van der Waals surface area (Å²) < 4.78 is 21.4. The van der Waals surface area contributed by atoms with E-state index >= 15 is 0 Å². The summed E-state index contributed by atoms with van der Waals surface area (Å²) in [4.78, 5) is 26.1. The molecule has 3 aromatic carbocycles. The number of carbonyl (C=O) groups is 2. The zero-order valence-corrected chi connectivity index (χ0v) is 19.0. The Morgan fingerprint density at radius 1 is 0.912 bits per heavy atom. The predicted octanol–water partition coefficient (Wildman–Crippen LogP) is 3.39. The lowest BCUT2D eigenvalue weighted by Crippen LogP contribution is -2.53. The number of benzene rings is 3. The average Bonchev–Trinajstić information content (AvgIpc) is 2.88. The second kappa shape index (κ2) is 10.0. The number of ether oxygens (including phenoxy) is 4. The Morgan fingerprint density at radius 2 is 1.62 bits per heavy atom. The van der Waals surface area contributed by atoms with E-state index in [2.05, 4.69) is 10.7 Å². The number of carbonyl (C=O) groups excluding carboxylic acids is 2. The molecule has 2 N–H and O–H groups in total. The van der Waals surface area contributed by atoms with E-state index in [0.29, 0.717) is 39.8 Å². The number of methoxy groups -OCH3 is 3. The Morgan fingerprint density at radius 3 is 2.32 bits per heavy atom. The molecule has 0 bridgehead atoms. The van der Waals surface area contributed by atoms with Crippen LogP contribution in [0.4, 0.5) is 5.69 Å². The fraction of sp³-hybridized carbons (Fsp3) is 0.200. The number of hydrazine groups is 1. The number of fused-ring (bicyclic) bond motifs is 1. The number of hydrogen-bond acceptors (Lipinski definition) is 7. The summed E-state index contributed by atoms with van der Waals surface area (Å²) >= 11 is 0. The maximum Gasteiger partial charge on any atom is 0.276 e. The van der Waals surface area contributed by atoms with Gasteiger partial charge in [0.2, 0.25) is 0 Å². The molecule has 1 atom stereocenters. The van der Waals surface area contributed by atoms with E-state index in [9.17, 15) is 9.59 Å². The van der Waals surface area contributed by atoms with Gasteiger partial charge in [-0.25, -0.2) is 5.01 Å². The maximum atomic E-state index is 13.3. The highest BCUT2D eigenvalue weighted by Gasteiger charge is 2.34. The van der Waals surface area contributed by atoms with Gasteiger partial charge in [-0.3, -0.25) is 15.0 Å². The SMILES string of the molecule is COc1ccc(OCC(=O)NN2C(=O)c3ccccc3NC2c2ccc(OC)c(OC)c2)cc1. The molecule has 0 radical (unpaired) electrons. The Hall–Kier alpha value is -4.40. The normalized spacial score (nSPS) is 14.5. The van der Waals surface area contributed by atoms with E-state index in [1.54, 1.807) is 68.8 Å². The van der Waals surface area contributed by atoms with Crippen molar-refractivity contribution in [3.05, 3.63) is 77.9 Å². The molecule has 34 heavy (non-hydrogen) atoms. The Labute approximate surface area is 197 Å². The molecule has 1 aliphatic rings. The number of amides is 2. The van der Waals surface area contributed by atoms with E-state index in [-0.39, 0.29) is 12.5 Å². The summed E-state index contributed by atoms with van der Waals surface area (Å²) in [6.07, 6.45) is -0.688. The van der Waals surface area contributed by atoms with Crippen LogP contribution >= 0.6 is 0 Å². The molecule has 9 nitrogen and oxygen atoms in total. The first-order chi connectivity index (χ1) is 16.5. The van der Waals surface area contributed by atoms with Gasteiger partial charge in [-0.2, -0.15) is 0 Å². The Balaban J connectivity index is 1.57. The first kappa shape index (κ1) is 22.8. The van der Waals surface area contributed by atoms with Crippen molar-refractivity contribution in [1.82, 2.24) is 10.4 Å². The zero-order valence-electron chi connectivity index (χ0n) is 19.0. The molecule has 176 valence electrons. The number of nitrogens with zero attached hydrogens (tertiary/aromatic N) is 1. The number of para-hydroxylation sites is 1. The minimum atomic E-state index is -0.688. The average molecular weight is 463 g/mol. The highest BCUT2D eigenvalue weighted by molar-refractivity contribution is 6.02. The van der Waals surface area contributed by atoms with Gasteiger partial charge in [0.15, 0.2) is 18.1 Å². The molecule has 1 heterocycles. The van der Waals surface area contributed by atoms with E-state index in [0.717, 1.165) is 0 Å². The van der Waals surface area contributed by atoms with E-state index in [1.165, 1.54) is 12.1 Å². The van der Waals surface area contributed by atoms with Gasteiger partial charge in [0.05, 0.1) is 26.9 Å². The van der Waals surface area contributed by atoms with Gasteiger partial charge in [0.1, 0.15) is 17.7 Å². The lowest BCUT2D eigenvalue weighted by Gasteiger charge is -2.37. The molecule has 9 heteroatoms. The van der Waals surface area contributed by atoms with Crippen LogP contribution < -0.4 is 29.7 Å². The number of nitrogens with one attached hydrogen (secondary N) is 2. The van der Waals surface area contributed by atoms with Gasteiger partial charge in [0, 0.05) is 11.3 Å². The van der Waals surface area contributed by atoms with Gasteiger partial charge in [0.25, 0.3) is 11.8 Å². The minimum Gasteiger partial charge on any atom is -0.497 e. The molecule has 1 unspecified atom stereocenters. The molecule has 0 aromatic heterocycles. The van der Waals surface area contributed by atoms with Gasteiger partial charge in [-0.15, -0.1) is 0 Å². The molecule has 0 aliphatic carbocycles. The summed E-state index contributed by atoms with van der Waals surface area (Å²) in [6.45, 7) is -0.281. The van der Waals surface area contributed by atoms with Crippen molar-refractivity contribution in [2.75, 3.05) is 33.3 Å². The third-order valence-electron chi connectivity index (χ3n) is 5.32. The van der Waals surface area contributed by atoms with Crippen LogP contribution in [-0.2, 0) is 4.79 Å². The lowest BCUT2D eigenvalue weighted by atomic mass is 10.0. The number of hydrogen-bond donors (Lipinski definition) is 2. The van der Waals surface area contributed by atoms with Gasteiger partial charge in [-0.1, -0.05) is 18.2 Å². The lowest BCUT2D eigenvalue weighted by molar-refractivity contribution is -0.127. The Kier molecular flexibility index (Phi) is 6.72. The third-order valence-corrected chi connectivity index (χ3v) is 5.32. The molecule has 0 fully saturated rings. The zero-order chi connectivity index (χ0) is 24.1. The van der Waals surface area contributed by atoms with Crippen LogP contribution in [0.3, 0.4) is 0 Å². The fourth-order valence-electron chi connectivity index (χ4n) is 3.61. The molecular formula is C25H25N3O6. The van der Waals surface area contributed by atoms with Crippen LogP contribution in [0, 0.1) is 0 Å². The predicted molar refractivity (Wildman–Crippen MR) is 125 cm³/mol. The highest BCUT2D eigenvalue weighted by Crippen LogP contribution is 2.36. The van der Waals surface area contributed by atoms with Crippen molar-refractivity contribution in [2.24, 2.45) is 0 Å². The van der Waals surface area contributed by atoms with Crippen LogP contribution in [0.2, 0.25) is 0 Å². The largest absolute Gasteiger partial charge is 0.497 e. The molecule has 1 aliphatic heterocycles. The van der Waals surface area contributed by atoms with Crippen LogP contribution in [0.25, 0.3) is 0 Å². The monoisotopic (exact) mass is 463 g/mol. The maximum absolute atomic E-state index is 13.3. The molecular weight excluding hydrogens is 438 g/mol. The van der Waals surface area contributed by atoms with Crippen molar-refractivity contribution in [2.45, 2.75) is 6.17 Å². The summed E-state index contributed by atoms with van der Waals surface area (Å²) in [7, 11) is 4.65.